The van der Waals surface area contributed by atoms with Gasteiger partial charge in [-0.05, 0) is 65.8 Å². The molecule has 396 valence electrons. The van der Waals surface area contributed by atoms with Crippen LogP contribution in [-0.4, -0.2) is 116 Å². The van der Waals surface area contributed by atoms with Gasteiger partial charge in [0.1, 0.15) is 35.9 Å². The minimum absolute atomic E-state index is 0.141. The van der Waals surface area contributed by atoms with Crippen molar-refractivity contribution in [3.8, 4) is 11.5 Å². The summed E-state index contributed by atoms with van der Waals surface area (Å²) in [5.74, 6) is -2.48. The lowest BCUT2D eigenvalue weighted by molar-refractivity contribution is -0.152. The van der Waals surface area contributed by atoms with Crippen LogP contribution in [0, 0.1) is 25.7 Å². The predicted octanol–water partition coefficient (Wildman–Crippen LogP) is 4.64. The van der Waals surface area contributed by atoms with Crippen molar-refractivity contribution in [2.75, 3.05) is 25.5 Å². The zero-order valence-electron chi connectivity index (χ0n) is 40.7. The molecule has 0 bridgehead atoms. The molecule has 2 aliphatic rings. The number of para-hydroxylation sites is 2. The van der Waals surface area contributed by atoms with Gasteiger partial charge in [0.25, 0.3) is 11.1 Å². The zero-order chi connectivity index (χ0) is 53.2. The van der Waals surface area contributed by atoms with Crippen LogP contribution in [0.4, 0.5) is 8.78 Å². The first-order valence-corrected chi connectivity index (χ1v) is 26.2. The van der Waals surface area contributed by atoms with E-state index in [9.17, 15) is 56.9 Å². The Morgan fingerprint density at radius 2 is 0.958 bits per heavy atom. The number of halogens is 2. The lowest BCUT2D eigenvalue weighted by atomic mass is 10.1. The van der Waals surface area contributed by atoms with Crippen molar-refractivity contribution in [2.24, 2.45) is 11.8 Å². The molecule has 0 amide bonds. The normalized spacial score (nSPS) is 24.3. The third kappa shape index (κ3) is 15.2. The molecule has 4 aromatic rings. The number of nitrogens with zero attached hydrogens (tertiary/aromatic N) is 2. The predicted molar refractivity (Wildman–Crippen MR) is 254 cm³/mol. The Labute approximate surface area is 411 Å². The average Bonchev–Trinajstić information content (AvgIpc) is 3.76. The molecular weight excluding hydrogens is 996 g/mol. The first-order valence-electron chi connectivity index (χ1n) is 22.8. The molecular formula is C46H60F2N4O18P2. The third-order valence-corrected chi connectivity index (χ3v) is 14.8. The summed E-state index contributed by atoms with van der Waals surface area (Å²) in [6, 6.07) is 16.3. The van der Waals surface area contributed by atoms with E-state index in [1.54, 1.807) is 88.4 Å². The minimum Gasteiger partial charge on any atom is -0.463 e. The lowest BCUT2D eigenvalue weighted by Crippen LogP contribution is -2.36. The average molecular weight is 1060 g/mol. The molecule has 2 aromatic heterocycles. The molecule has 4 N–H and O–H groups in total. The summed E-state index contributed by atoms with van der Waals surface area (Å²) in [7, 11) is -8.08. The second-order valence-corrected chi connectivity index (χ2v) is 21.8. The minimum atomic E-state index is -4.04. The number of hydrogen-bond donors (Lipinski definition) is 4. The van der Waals surface area contributed by atoms with E-state index in [0.29, 0.717) is 0 Å². The summed E-state index contributed by atoms with van der Waals surface area (Å²) < 4.78 is 102. The van der Waals surface area contributed by atoms with Crippen LogP contribution in [0.15, 0.2) is 92.2 Å². The number of carbonyl (C=O) groups is 2. The van der Waals surface area contributed by atoms with E-state index in [0.717, 1.165) is 21.5 Å². The van der Waals surface area contributed by atoms with Crippen molar-refractivity contribution in [2.45, 2.75) is 117 Å². The highest BCUT2D eigenvalue weighted by Gasteiger charge is 2.49. The van der Waals surface area contributed by atoms with Crippen LogP contribution >= 0.6 is 15.2 Å². The van der Waals surface area contributed by atoms with E-state index in [1.165, 1.54) is 27.7 Å². The number of aryl methyl sites for hydroxylation is 2. The fourth-order valence-corrected chi connectivity index (χ4v) is 10.8. The molecule has 12 atom stereocenters. The van der Waals surface area contributed by atoms with Crippen molar-refractivity contribution < 1.29 is 74.8 Å². The Morgan fingerprint density at radius 3 is 1.28 bits per heavy atom. The molecule has 0 saturated carbocycles. The summed E-state index contributed by atoms with van der Waals surface area (Å²) in [5.41, 5.74) is -2.81. The maximum atomic E-state index is 14.9. The molecule has 0 radical (unpaired) electrons. The first kappa shape index (κ1) is 57.3. The lowest BCUT2D eigenvalue weighted by Gasteiger charge is -2.24. The van der Waals surface area contributed by atoms with Crippen LogP contribution in [0.5, 0.6) is 11.5 Å². The number of rotatable bonds is 20. The van der Waals surface area contributed by atoms with E-state index in [1.807, 2.05) is 9.97 Å². The number of aromatic amines is 2. The van der Waals surface area contributed by atoms with Gasteiger partial charge in [-0.2, -0.15) is 0 Å². The van der Waals surface area contributed by atoms with Crippen molar-refractivity contribution in [3.05, 3.63) is 126 Å². The fraction of sp³-hybridized carbons (Fsp3) is 0.522. The Kier molecular flexibility index (Phi) is 19.8. The van der Waals surface area contributed by atoms with Gasteiger partial charge in [0.05, 0.1) is 49.6 Å². The number of aliphatic hydroxyl groups is 2. The van der Waals surface area contributed by atoms with Crippen LogP contribution < -0.4 is 31.5 Å². The molecule has 2 aromatic carbocycles. The highest BCUT2D eigenvalue weighted by molar-refractivity contribution is 7.54. The van der Waals surface area contributed by atoms with E-state index >= 15 is 0 Å². The quantitative estimate of drug-likeness (QED) is 0.0693. The van der Waals surface area contributed by atoms with Gasteiger partial charge in [0, 0.05) is 23.5 Å². The molecule has 2 saturated heterocycles. The zero-order valence-corrected chi connectivity index (χ0v) is 42.4. The molecule has 22 nitrogen and oxygen atoms in total. The molecule has 26 heteroatoms. The molecule has 72 heavy (non-hydrogen) atoms. The topological polar surface area (TPSA) is 292 Å². The number of aliphatic hydroxyl groups excluding tert-OH is 2. The number of H-pyrrole nitrogens is 2. The highest BCUT2D eigenvalue weighted by atomic mass is 31.2. The molecule has 2 aliphatic heterocycles. The van der Waals surface area contributed by atoms with E-state index in [-0.39, 0.29) is 47.2 Å². The van der Waals surface area contributed by atoms with Crippen molar-refractivity contribution in [1.82, 2.24) is 19.1 Å². The highest BCUT2D eigenvalue weighted by Crippen LogP contribution is 2.52. The van der Waals surface area contributed by atoms with Gasteiger partial charge >= 0.3 is 38.5 Å². The second kappa shape index (κ2) is 24.9. The van der Waals surface area contributed by atoms with Gasteiger partial charge in [-0.3, -0.25) is 47.3 Å². The van der Waals surface area contributed by atoms with Gasteiger partial charge in [-0.25, -0.2) is 27.5 Å². The number of aromatic nitrogens is 4. The van der Waals surface area contributed by atoms with Gasteiger partial charge < -0.3 is 38.2 Å². The summed E-state index contributed by atoms with van der Waals surface area (Å²) in [6.07, 6.45) is -12.5. The van der Waals surface area contributed by atoms with Crippen molar-refractivity contribution >= 4 is 27.1 Å². The fourth-order valence-electron chi connectivity index (χ4n) is 7.09. The maximum absolute atomic E-state index is 14.9. The van der Waals surface area contributed by atoms with E-state index in [4.69, 9.17) is 37.0 Å². The Bertz CT molecular complexity index is 2620. The summed E-state index contributed by atoms with van der Waals surface area (Å²) in [4.78, 5) is 76.3. The molecule has 0 aliphatic carbocycles. The summed E-state index contributed by atoms with van der Waals surface area (Å²) in [6.45, 7) is 11.5. The SMILES string of the molecule is Cc1cn([C@H]2O[C@@H](CO[P@@](=O)(C[C@@H](C)C(=O)OC(C)C)Oc3ccccc3)C(O)[C@H]2F)c(=O)[nH]c1=O.Cc1cn([C@H]2O[C@@H](CO[P@](=O)(C[C@@H](C)C(=O)OC(C)C)Oc3ccccc3)C(O)[C@H]2F)c(=O)[nH]c1=O. The third-order valence-electron chi connectivity index (χ3n) is 10.8. The van der Waals surface area contributed by atoms with Crippen LogP contribution in [0.1, 0.15) is 65.1 Å². The Balaban J connectivity index is 0.000000267. The molecule has 2 fully saturated rings. The molecule has 2 unspecified atom stereocenters. The number of carbonyl (C=O) groups excluding carboxylic acids is 2. The smallest absolute Gasteiger partial charge is 0.380 e. The van der Waals surface area contributed by atoms with Crippen LogP contribution in [0.25, 0.3) is 0 Å². The molecule has 0 spiro atoms. The number of benzene rings is 2. The Hall–Kier alpha value is -5.58. The molecule has 4 heterocycles. The largest absolute Gasteiger partial charge is 0.463 e. The Morgan fingerprint density at radius 1 is 0.625 bits per heavy atom. The van der Waals surface area contributed by atoms with Gasteiger partial charge in [0.2, 0.25) is 0 Å². The van der Waals surface area contributed by atoms with Crippen molar-refractivity contribution in [1.29, 1.82) is 0 Å². The second-order valence-electron chi connectivity index (χ2n) is 17.7. The number of hydrogen-bond acceptors (Lipinski definition) is 18. The monoisotopic (exact) mass is 1060 g/mol. The number of ether oxygens (including phenoxy) is 4. The number of esters is 2. The number of nitrogens with one attached hydrogen (secondary N) is 2. The maximum Gasteiger partial charge on any atom is 0.380 e. The van der Waals surface area contributed by atoms with E-state index < -0.39 is 124 Å². The standard InChI is InChI=1S/2C23H30FN2O9P/c2*1-13(2)33-22(29)15(4)12-36(31,35-16-8-6-5-7-9-16)32-11-17-19(27)18(24)21(34-17)26-10-14(3)20(28)25-23(26)30/h2*5-10,13,15,17-19,21,27H,11-12H2,1-4H3,(H,25,28,30)/t15-,17+,18-,19?,21+,36+;15-,17+,18-,19?,21+,36-/m11/s1. The van der Waals surface area contributed by atoms with Gasteiger partial charge in [-0.1, -0.05) is 50.2 Å². The van der Waals surface area contributed by atoms with E-state index in [2.05, 4.69) is 0 Å². The summed E-state index contributed by atoms with van der Waals surface area (Å²) >= 11 is 0. The molecule has 6 rings (SSSR count). The van der Waals surface area contributed by atoms with Crippen LogP contribution in [-0.2, 0) is 46.7 Å². The van der Waals surface area contributed by atoms with Gasteiger partial charge in [0.15, 0.2) is 24.8 Å². The van der Waals surface area contributed by atoms with Crippen LogP contribution in [0.3, 0.4) is 0 Å². The summed E-state index contributed by atoms with van der Waals surface area (Å²) in [5, 5.41) is 20.8. The van der Waals surface area contributed by atoms with Crippen molar-refractivity contribution in [3.63, 3.8) is 0 Å². The number of alkyl halides is 2. The van der Waals surface area contributed by atoms with Crippen LogP contribution in [0.2, 0.25) is 0 Å². The van der Waals surface area contributed by atoms with Gasteiger partial charge in [-0.15, -0.1) is 0 Å². The first-order chi connectivity index (χ1) is 33.8.